The normalized spacial score (nSPS) is 17.9. The molecule has 2 amide bonds. The van der Waals surface area contributed by atoms with E-state index in [-0.39, 0.29) is 12.1 Å². The smallest absolute Gasteiger partial charge is 0.317 e. The van der Waals surface area contributed by atoms with E-state index in [0.29, 0.717) is 0 Å². The lowest BCUT2D eigenvalue weighted by Crippen LogP contribution is -2.44. The third-order valence-electron chi connectivity index (χ3n) is 3.57. The quantitative estimate of drug-likeness (QED) is 0.902. The van der Waals surface area contributed by atoms with Gasteiger partial charge in [0.1, 0.15) is 0 Å². The number of aryl methyl sites for hydroxylation is 1. The van der Waals surface area contributed by atoms with Crippen LogP contribution >= 0.6 is 11.3 Å². The number of amides is 2. The Labute approximate surface area is 120 Å². The predicted octanol–water partition coefficient (Wildman–Crippen LogP) is 3.57. The van der Waals surface area contributed by atoms with Gasteiger partial charge in [0.15, 0.2) is 0 Å². The minimum Gasteiger partial charge on any atom is -0.335 e. The highest BCUT2D eigenvalue weighted by molar-refractivity contribution is 7.11. The highest BCUT2D eigenvalue weighted by Gasteiger charge is 2.17. The maximum absolute atomic E-state index is 12.2. The summed E-state index contributed by atoms with van der Waals surface area (Å²) in [5, 5.41) is 3.13. The first-order valence-electron chi connectivity index (χ1n) is 7.26. The van der Waals surface area contributed by atoms with Gasteiger partial charge in [-0.05, 0) is 38.8 Å². The van der Waals surface area contributed by atoms with Crippen molar-refractivity contribution in [1.82, 2.24) is 10.2 Å². The second-order valence-corrected chi connectivity index (χ2v) is 6.84. The van der Waals surface area contributed by atoms with Crippen molar-refractivity contribution in [2.75, 3.05) is 13.1 Å². The van der Waals surface area contributed by atoms with E-state index in [4.69, 9.17) is 0 Å². The fourth-order valence-electron chi connectivity index (χ4n) is 2.52. The average Bonchev–Trinajstić information content (AvgIpc) is 2.64. The first kappa shape index (κ1) is 14.4. The van der Waals surface area contributed by atoms with Crippen LogP contribution in [0.25, 0.3) is 0 Å². The van der Waals surface area contributed by atoms with E-state index >= 15 is 0 Å². The van der Waals surface area contributed by atoms with Crippen molar-refractivity contribution in [1.29, 1.82) is 0 Å². The molecule has 0 radical (unpaired) electrons. The molecule has 1 unspecified atom stereocenters. The maximum atomic E-state index is 12.2. The van der Waals surface area contributed by atoms with Crippen molar-refractivity contribution in [2.45, 2.75) is 52.0 Å². The first-order valence-corrected chi connectivity index (χ1v) is 8.07. The SMILES string of the molecule is Cc1ccc(CC(C)NC(=O)N2CCCCCC2)s1. The minimum atomic E-state index is 0.114. The van der Waals surface area contributed by atoms with Crippen LogP contribution in [-0.4, -0.2) is 30.1 Å². The lowest BCUT2D eigenvalue weighted by atomic mass is 10.2. The number of hydrogen-bond donors (Lipinski definition) is 1. The molecule has 19 heavy (non-hydrogen) atoms. The summed E-state index contributed by atoms with van der Waals surface area (Å²) < 4.78 is 0. The molecule has 1 aliphatic heterocycles. The van der Waals surface area contributed by atoms with Gasteiger partial charge in [-0.15, -0.1) is 11.3 Å². The van der Waals surface area contributed by atoms with Gasteiger partial charge < -0.3 is 10.2 Å². The van der Waals surface area contributed by atoms with Crippen LogP contribution in [-0.2, 0) is 6.42 Å². The van der Waals surface area contributed by atoms with Crippen LogP contribution in [0.1, 0.15) is 42.4 Å². The summed E-state index contributed by atoms with van der Waals surface area (Å²) in [5.74, 6) is 0. The molecular formula is C15H24N2OS. The fraction of sp³-hybridized carbons (Fsp3) is 0.667. The molecule has 106 valence electrons. The van der Waals surface area contributed by atoms with Gasteiger partial charge in [-0.25, -0.2) is 4.79 Å². The van der Waals surface area contributed by atoms with Crippen molar-refractivity contribution in [2.24, 2.45) is 0 Å². The van der Waals surface area contributed by atoms with Crippen LogP contribution in [0.3, 0.4) is 0 Å². The van der Waals surface area contributed by atoms with E-state index < -0.39 is 0 Å². The van der Waals surface area contributed by atoms with Gasteiger partial charge in [-0.2, -0.15) is 0 Å². The van der Waals surface area contributed by atoms with Crippen LogP contribution in [0, 0.1) is 6.92 Å². The standard InChI is InChI=1S/C15H24N2OS/c1-12(11-14-8-7-13(2)19-14)16-15(18)17-9-5-3-4-6-10-17/h7-8,12H,3-6,9-11H2,1-2H3,(H,16,18). The van der Waals surface area contributed by atoms with Gasteiger partial charge in [-0.3, -0.25) is 0 Å². The number of urea groups is 1. The summed E-state index contributed by atoms with van der Waals surface area (Å²) in [4.78, 5) is 16.8. The lowest BCUT2D eigenvalue weighted by molar-refractivity contribution is 0.196. The molecule has 2 rings (SSSR count). The highest BCUT2D eigenvalue weighted by Crippen LogP contribution is 2.17. The number of hydrogen-bond acceptors (Lipinski definition) is 2. The maximum Gasteiger partial charge on any atom is 0.317 e. The average molecular weight is 280 g/mol. The van der Waals surface area contributed by atoms with Crippen molar-refractivity contribution in [3.8, 4) is 0 Å². The van der Waals surface area contributed by atoms with Gasteiger partial charge in [0.25, 0.3) is 0 Å². The number of thiophene rings is 1. The molecular weight excluding hydrogens is 256 g/mol. The first-order chi connectivity index (χ1) is 9.15. The number of nitrogens with zero attached hydrogens (tertiary/aromatic N) is 1. The van der Waals surface area contributed by atoms with Crippen LogP contribution < -0.4 is 5.32 Å². The Morgan fingerprint density at radius 1 is 1.32 bits per heavy atom. The van der Waals surface area contributed by atoms with E-state index in [2.05, 4.69) is 31.3 Å². The molecule has 2 heterocycles. The Morgan fingerprint density at radius 3 is 2.58 bits per heavy atom. The van der Waals surface area contributed by atoms with Gasteiger partial charge in [0.2, 0.25) is 0 Å². The number of nitrogens with one attached hydrogen (secondary N) is 1. The van der Waals surface area contributed by atoms with Gasteiger partial charge in [0.05, 0.1) is 0 Å². The minimum absolute atomic E-state index is 0.114. The van der Waals surface area contributed by atoms with Gasteiger partial charge in [-0.1, -0.05) is 12.8 Å². The fourth-order valence-corrected chi connectivity index (χ4v) is 3.54. The number of rotatable bonds is 3. The van der Waals surface area contributed by atoms with E-state index in [1.54, 1.807) is 0 Å². The van der Waals surface area contributed by atoms with Crippen molar-refractivity contribution >= 4 is 17.4 Å². The second kappa shape index (κ2) is 6.94. The third kappa shape index (κ3) is 4.53. The molecule has 3 nitrogen and oxygen atoms in total. The van der Waals surface area contributed by atoms with Crippen molar-refractivity contribution in [3.05, 3.63) is 21.9 Å². The Kier molecular flexibility index (Phi) is 5.25. The Balaban J connectivity index is 1.80. The van der Waals surface area contributed by atoms with Crippen LogP contribution in [0.15, 0.2) is 12.1 Å². The molecule has 1 fully saturated rings. The Morgan fingerprint density at radius 2 is 2.00 bits per heavy atom. The molecule has 0 spiro atoms. The van der Waals surface area contributed by atoms with Crippen molar-refractivity contribution < 1.29 is 4.79 Å². The topological polar surface area (TPSA) is 32.3 Å². The summed E-state index contributed by atoms with van der Waals surface area (Å²) in [7, 11) is 0. The summed E-state index contributed by atoms with van der Waals surface area (Å²) in [5.41, 5.74) is 0. The Bertz CT molecular complexity index is 408. The van der Waals surface area contributed by atoms with E-state index in [1.807, 2.05) is 16.2 Å². The highest BCUT2D eigenvalue weighted by atomic mass is 32.1. The summed E-state index contributed by atoms with van der Waals surface area (Å²) in [6.07, 6.45) is 5.73. The number of likely N-dealkylation sites (tertiary alicyclic amines) is 1. The molecule has 1 aromatic heterocycles. The monoisotopic (exact) mass is 280 g/mol. The van der Waals surface area contributed by atoms with E-state index in [1.165, 1.54) is 22.6 Å². The third-order valence-corrected chi connectivity index (χ3v) is 4.59. The molecule has 0 aromatic carbocycles. The molecule has 1 atom stereocenters. The molecule has 1 aromatic rings. The summed E-state index contributed by atoms with van der Waals surface area (Å²) >= 11 is 1.82. The van der Waals surface area contributed by atoms with Gasteiger partial charge in [0, 0.05) is 35.3 Å². The molecule has 1 aliphatic rings. The second-order valence-electron chi connectivity index (χ2n) is 5.47. The molecule has 1 saturated heterocycles. The Hall–Kier alpha value is -1.03. The molecule has 4 heteroatoms. The lowest BCUT2D eigenvalue weighted by Gasteiger charge is -2.23. The zero-order valence-electron chi connectivity index (χ0n) is 11.9. The molecule has 1 N–H and O–H groups in total. The van der Waals surface area contributed by atoms with Gasteiger partial charge >= 0.3 is 6.03 Å². The van der Waals surface area contributed by atoms with Crippen LogP contribution in [0.2, 0.25) is 0 Å². The number of carbonyl (C=O) groups is 1. The number of carbonyl (C=O) groups excluding carboxylic acids is 1. The van der Waals surface area contributed by atoms with E-state index in [9.17, 15) is 4.79 Å². The zero-order chi connectivity index (χ0) is 13.7. The predicted molar refractivity (Wildman–Crippen MR) is 80.8 cm³/mol. The van der Waals surface area contributed by atoms with Crippen LogP contribution in [0.5, 0.6) is 0 Å². The van der Waals surface area contributed by atoms with Crippen LogP contribution in [0.4, 0.5) is 4.79 Å². The summed E-state index contributed by atoms with van der Waals surface area (Å²) in [6.45, 7) is 6.03. The zero-order valence-corrected chi connectivity index (χ0v) is 12.8. The largest absolute Gasteiger partial charge is 0.335 e. The molecule has 0 bridgehead atoms. The molecule has 0 aliphatic carbocycles. The molecule has 0 saturated carbocycles. The van der Waals surface area contributed by atoms with Crippen molar-refractivity contribution in [3.63, 3.8) is 0 Å². The van der Waals surface area contributed by atoms with E-state index in [0.717, 1.165) is 32.4 Å². The summed E-state index contributed by atoms with van der Waals surface area (Å²) in [6, 6.07) is 4.62.